The lowest BCUT2D eigenvalue weighted by Gasteiger charge is -2.32. The van der Waals surface area contributed by atoms with Crippen LogP contribution in [0.25, 0.3) is 0 Å². The van der Waals surface area contributed by atoms with Crippen molar-refractivity contribution in [1.82, 2.24) is 20.0 Å². The maximum absolute atomic E-state index is 4.45. The van der Waals surface area contributed by atoms with E-state index in [1.807, 2.05) is 6.20 Å². The minimum Gasteiger partial charge on any atom is -0.317 e. The van der Waals surface area contributed by atoms with Gasteiger partial charge in [0.1, 0.15) is 0 Å². The van der Waals surface area contributed by atoms with E-state index < -0.39 is 0 Å². The van der Waals surface area contributed by atoms with Crippen LogP contribution in [-0.2, 0) is 6.54 Å². The first-order valence-electron chi connectivity index (χ1n) is 8.04. The molecule has 114 valence electrons. The molecule has 0 aliphatic carbocycles. The molecule has 1 N–H and O–H groups in total. The van der Waals surface area contributed by atoms with Crippen LogP contribution >= 0.6 is 0 Å². The van der Waals surface area contributed by atoms with E-state index in [0.29, 0.717) is 12.1 Å². The summed E-state index contributed by atoms with van der Waals surface area (Å²) in [7, 11) is 0. The van der Waals surface area contributed by atoms with E-state index in [-0.39, 0.29) is 0 Å². The van der Waals surface area contributed by atoms with Gasteiger partial charge in [0.05, 0.1) is 6.20 Å². The fourth-order valence-electron chi connectivity index (χ4n) is 2.83. The molecule has 1 aromatic heterocycles. The molecular weight excluding hydrogens is 248 g/mol. The van der Waals surface area contributed by atoms with Crippen LogP contribution in [-0.4, -0.2) is 40.4 Å². The standard InChI is InChI=1S/C16H30N4/c1-13(2)19(10-15-5-7-17-8-6-15)11-16-9-18-20(12-16)14(3)4/h9,12-15,17H,5-8,10-11H2,1-4H3. The SMILES string of the molecule is CC(C)N(Cc1cnn(C(C)C)c1)CC1CCNCC1. The molecule has 1 fully saturated rings. The van der Waals surface area contributed by atoms with Gasteiger partial charge in [0, 0.05) is 36.9 Å². The first-order valence-corrected chi connectivity index (χ1v) is 8.04. The lowest BCUT2D eigenvalue weighted by Crippen LogP contribution is -2.39. The summed E-state index contributed by atoms with van der Waals surface area (Å²) in [5.74, 6) is 0.846. The Labute approximate surface area is 123 Å². The number of nitrogens with zero attached hydrogens (tertiary/aromatic N) is 3. The molecule has 0 aromatic carbocycles. The molecular formula is C16H30N4. The molecule has 2 rings (SSSR count). The summed E-state index contributed by atoms with van der Waals surface area (Å²) in [4.78, 5) is 2.59. The van der Waals surface area contributed by atoms with Crippen molar-refractivity contribution in [1.29, 1.82) is 0 Å². The van der Waals surface area contributed by atoms with Gasteiger partial charge in [-0.2, -0.15) is 5.10 Å². The van der Waals surface area contributed by atoms with Crippen LogP contribution in [0.4, 0.5) is 0 Å². The van der Waals surface area contributed by atoms with E-state index >= 15 is 0 Å². The van der Waals surface area contributed by atoms with E-state index in [9.17, 15) is 0 Å². The molecule has 0 saturated carbocycles. The molecule has 0 unspecified atom stereocenters. The van der Waals surface area contributed by atoms with Gasteiger partial charge < -0.3 is 5.32 Å². The molecule has 0 radical (unpaired) electrons. The molecule has 4 nitrogen and oxygen atoms in total. The first kappa shape index (κ1) is 15.5. The van der Waals surface area contributed by atoms with Gasteiger partial charge in [-0.05, 0) is 59.5 Å². The Kier molecular flexibility index (Phi) is 5.61. The van der Waals surface area contributed by atoms with Crippen LogP contribution in [0, 0.1) is 5.92 Å². The third-order valence-corrected chi connectivity index (χ3v) is 4.25. The summed E-state index contributed by atoms with van der Waals surface area (Å²) in [6.07, 6.45) is 6.85. The van der Waals surface area contributed by atoms with Crippen LogP contribution in [0.5, 0.6) is 0 Å². The minimum absolute atomic E-state index is 0.445. The van der Waals surface area contributed by atoms with Gasteiger partial charge in [0.2, 0.25) is 0 Å². The first-order chi connectivity index (χ1) is 9.56. The summed E-state index contributed by atoms with van der Waals surface area (Å²) in [5.41, 5.74) is 1.33. The van der Waals surface area contributed by atoms with Crippen LogP contribution in [0.3, 0.4) is 0 Å². The second-order valence-corrected chi connectivity index (χ2v) is 6.64. The zero-order chi connectivity index (χ0) is 14.5. The third-order valence-electron chi connectivity index (χ3n) is 4.25. The van der Waals surface area contributed by atoms with Crippen LogP contribution < -0.4 is 5.32 Å². The monoisotopic (exact) mass is 278 g/mol. The number of hydrogen-bond donors (Lipinski definition) is 1. The number of rotatable bonds is 6. The number of nitrogens with one attached hydrogen (secondary N) is 1. The average molecular weight is 278 g/mol. The van der Waals surface area contributed by atoms with Gasteiger partial charge in [-0.15, -0.1) is 0 Å². The van der Waals surface area contributed by atoms with Crippen molar-refractivity contribution in [3.63, 3.8) is 0 Å². The highest BCUT2D eigenvalue weighted by Crippen LogP contribution is 2.17. The molecule has 0 spiro atoms. The Morgan fingerprint density at radius 2 is 2.00 bits per heavy atom. The highest BCUT2D eigenvalue weighted by atomic mass is 15.3. The third kappa shape index (κ3) is 4.32. The number of hydrogen-bond acceptors (Lipinski definition) is 3. The van der Waals surface area contributed by atoms with Crippen molar-refractivity contribution in [2.45, 2.75) is 59.2 Å². The predicted octanol–water partition coefficient (Wildman–Crippen LogP) is 2.67. The highest BCUT2D eigenvalue weighted by Gasteiger charge is 2.19. The average Bonchev–Trinajstić information content (AvgIpc) is 2.88. The summed E-state index contributed by atoms with van der Waals surface area (Å²) in [6, 6.07) is 1.04. The van der Waals surface area contributed by atoms with Gasteiger partial charge in [-0.1, -0.05) is 0 Å². The van der Waals surface area contributed by atoms with Gasteiger partial charge >= 0.3 is 0 Å². The molecule has 0 amide bonds. The van der Waals surface area contributed by atoms with Crippen molar-refractivity contribution in [3.8, 4) is 0 Å². The molecule has 4 heteroatoms. The Hall–Kier alpha value is -0.870. The van der Waals surface area contributed by atoms with Crippen molar-refractivity contribution >= 4 is 0 Å². The Bertz CT molecular complexity index is 391. The minimum atomic E-state index is 0.445. The van der Waals surface area contributed by atoms with E-state index in [0.717, 1.165) is 12.5 Å². The molecule has 1 aromatic rings. The zero-order valence-corrected chi connectivity index (χ0v) is 13.5. The summed E-state index contributed by atoms with van der Waals surface area (Å²) >= 11 is 0. The quantitative estimate of drug-likeness (QED) is 0.868. The maximum atomic E-state index is 4.45. The largest absolute Gasteiger partial charge is 0.317 e. The normalized spacial score (nSPS) is 17.6. The topological polar surface area (TPSA) is 33.1 Å². The summed E-state index contributed by atoms with van der Waals surface area (Å²) in [6.45, 7) is 13.5. The molecule has 1 aliphatic rings. The number of aromatic nitrogens is 2. The fourth-order valence-corrected chi connectivity index (χ4v) is 2.83. The Morgan fingerprint density at radius 1 is 1.30 bits per heavy atom. The number of piperidine rings is 1. The summed E-state index contributed by atoms with van der Waals surface area (Å²) < 4.78 is 2.05. The molecule has 1 saturated heterocycles. The Balaban J connectivity index is 1.93. The lowest BCUT2D eigenvalue weighted by molar-refractivity contribution is 0.161. The Morgan fingerprint density at radius 3 is 2.55 bits per heavy atom. The van der Waals surface area contributed by atoms with E-state index in [4.69, 9.17) is 0 Å². The van der Waals surface area contributed by atoms with E-state index in [1.54, 1.807) is 0 Å². The van der Waals surface area contributed by atoms with Gasteiger partial charge in [-0.25, -0.2) is 0 Å². The smallest absolute Gasteiger partial charge is 0.0534 e. The molecule has 0 atom stereocenters. The van der Waals surface area contributed by atoms with E-state index in [1.165, 1.54) is 38.0 Å². The van der Waals surface area contributed by atoms with Crippen LogP contribution in [0.15, 0.2) is 12.4 Å². The molecule has 2 heterocycles. The predicted molar refractivity (Wildman–Crippen MR) is 83.8 cm³/mol. The van der Waals surface area contributed by atoms with Crippen LogP contribution in [0.2, 0.25) is 0 Å². The molecule has 0 bridgehead atoms. The van der Waals surface area contributed by atoms with Crippen molar-refractivity contribution < 1.29 is 0 Å². The lowest BCUT2D eigenvalue weighted by atomic mass is 9.97. The van der Waals surface area contributed by atoms with Crippen molar-refractivity contribution in [3.05, 3.63) is 18.0 Å². The van der Waals surface area contributed by atoms with Gasteiger partial charge in [0.25, 0.3) is 0 Å². The molecule has 1 aliphatic heterocycles. The molecule has 20 heavy (non-hydrogen) atoms. The fraction of sp³-hybridized carbons (Fsp3) is 0.812. The van der Waals surface area contributed by atoms with Crippen LogP contribution in [0.1, 0.15) is 52.1 Å². The highest BCUT2D eigenvalue weighted by molar-refractivity contribution is 5.04. The van der Waals surface area contributed by atoms with Gasteiger partial charge in [0.15, 0.2) is 0 Å². The maximum Gasteiger partial charge on any atom is 0.0534 e. The second kappa shape index (κ2) is 7.23. The van der Waals surface area contributed by atoms with E-state index in [2.05, 4.69) is 53.9 Å². The van der Waals surface area contributed by atoms with Gasteiger partial charge in [-0.3, -0.25) is 9.58 Å². The summed E-state index contributed by atoms with van der Waals surface area (Å²) in [5, 5.41) is 7.91. The van der Waals surface area contributed by atoms with Crippen molar-refractivity contribution in [2.75, 3.05) is 19.6 Å². The zero-order valence-electron chi connectivity index (χ0n) is 13.5. The second-order valence-electron chi connectivity index (χ2n) is 6.64. The van der Waals surface area contributed by atoms with Crippen molar-refractivity contribution in [2.24, 2.45) is 5.92 Å².